The SMILES string of the molecule is CC(C)S(=O)(=O)c1c(O)cccc1Cl. The van der Waals surface area contributed by atoms with E-state index in [1.54, 1.807) is 0 Å². The summed E-state index contributed by atoms with van der Waals surface area (Å²) < 4.78 is 23.5. The minimum absolute atomic E-state index is 0.0544. The van der Waals surface area contributed by atoms with Gasteiger partial charge in [-0.05, 0) is 26.0 Å². The zero-order chi connectivity index (χ0) is 10.9. The van der Waals surface area contributed by atoms with Crippen molar-refractivity contribution in [2.45, 2.75) is 24.0 Å². The number of rotatable bonds is 2. The van der Waals surface area contributed by atoms with Crippen LogP contribution in [0.1, 0.15) is 13.8 Å². The molecule has 78 valence electrons. The molecule has 0 aliphatic rings. The quantitative estimate of drug-likeness (QED) is 0.854. The molecule has 0 radical (unpaired) electrons. The Labute approximate surface area is 88.2 Å². The third kappa shape index (κ3) is 1.86. The standard InChI is InChI=1S/C9H11ClO3S/c1-6(2)14(12,13)9-7(10)4-3-5-8(9)11/h3-6,11H,1-2H3. The first-order valence-electron chi connectivity index (χ1n) is 4.08. The van der Waals surface area contributed by atoms with Crippen LogP contribution >= 0.6 is 11.6 Å². The summed E-state index contributed by atoms with van der Waals surface area (Å²) in [5.74, 6) is -0.300. The predicted octanol–water partition coefficient (Wildman–Crippen LogP) is 2.23. The number of aromatic hydroxyl groups is 1. The summed E-state index contributed by atoms with van der Waals surface area (Å²) in [7, 11) is -3.52. The minimum atomic E-state index is -3.52. The van der Waals surface area contributed by atoms with E-state index in [1.807, 2.05) is 0 Å². The van der Waals surface area contributed by atoms with Gasteiger partial charge in [0.1, 0.15) is 10.6 Å². The summed E-state index contributed by atoms with van der Waals surface area (Å²) in [5.41, 5.74) is 0. The molecule has 14 heavy (non-hydrogen) atoms. The molecule has 0 saturated carbocycles. The van der Waals surface area contributed by atoms with Crippen molar-refractivity contribution >= 4 is 21.4 Å². The van der Waals surface area contributed by atoms with Crippen molar-refractivity contribution in [2.75, 3.05) is 0 Å². The zero-order valence-electron chi connectivity index (χ0n) is 7.86. The highest BCUT2D eigenvalue weighted by Gasteiger charge is 2.25. The van der Waals surface area contributed by atoms with Crippen LogP contribution in [0, 0.1) is 0 Å². The van der Waals surface area contributed by atoms with E-state index in [9.17, 15) is 13.5 Å². The molecule has 5 heteroatoms. The molecule has 0 saturated heterocycles. The normalized spacial score (nSPS) is 12.0. The zero-order valence-corrected chi connectivity index (χ0v) is 9.43. The van der Waals surface area contributed by atoms with E-state index in [0.29, 0.717) is 0 Å². The van der Waals surface area contributed by atoms with E-state index in [-0.39, 0.29) is 15.7 Å². The number of hydrogen-bond donors (Lipinski definition) is 1. The van der Waals surface area contributed by atoms with Gasteiger partial charge in [-0.3, -0.25) is 0 Å². The summed E-state index contributed by atoms with van der Waals surface area (Å²) >= 11 is 5.72. The Bertz CT molecular complexity index is 417. The van der Waals surface area contributed by atoms with Crippen molar-refractivity contribution in [3.8, 4) is 5.75 Å². The molecule has 0 heterocycles. The molecule has 3 nitrogen and oxygen atoms in total. The molecule has 0 amide bonds. The number of benzene rings is 1. The molecule has 1 N–H and O–H groups in total. The number of phenolic OH excluding ortho intramolecular Hbond substituents is 1. The van der Waals surface area contributed by atoms with E-state index in [0.717, 1.165) is 0 Å². The summed E-state index contributed by atoms with van der Waals surface area (Å²) in [4.78, 5) is -0.184. The fourth-order valence-corrected chi connectivity index (χ4v) is 2.68. The van der Waals surface area contributed by atoms with Crippen LogP contribution in [0.3, 0.4) is 0 Å². The van der Waals surface area contributed by atoms with Gasteiger partial charge < -0.3 is 5.11 Å². The van der Waals surface area contributed by atoms with Gasteiger partial charge >= 0.3 is 0 Å². The second kappa shape index (κ2) is 3.79. The third-order valence-corrected chi connectivity index (χ3v) is 4.52. The Kier molecular flexibility index (Phi) is 3.07. The lowest BCUT2D eigenvalue weighted by molar-refractivity contribution is 0.458. The Morgan fingerprint density at radius 2 is 1.93 bits per heavy atom. The van der Waals surface area contributed by atoms with Gasteiger partial charge in [-0.25, -0.2) is 8.42 Å². The maximum Gasteiger partial charge on any atom is 0.185 e. The fraction of sp³-hybridized carbons (Fsp3) is 0.333. The van der Waals surface area contributed by atoms with Crippen molar-refractivity contribution in [1.29, 1.82) is 0 Å². The lowest BCUT2D eigenvalue weighted by atomic mass is 10.3. The summed E-state index contributed by atoms with van der Waals surface area (Å²) in [6.45, 7) is 3.08. The van der Waals surface area contributed by atoms with Gasteiger partial charge in [-0.1, -0.05) is 17.7 Å². The highest BCUT2D eigenvalue weighted by molar-refractivity contribution is 7.92. The first-order chi connectivity index (χ1) is 6.37. The van der Waals surface area contributed by atoms with E-state index < -0.39 is 15.1 Å². The van der Waals surface area contributed by atoms with Gasteiger partial charge in [0, 0.05) is 0 Å². The second-order valence-corrected chi connectivity index (χ2v) is 6.03. The average molecular weight is 235 g/mol. The van der Waals surface area contributed by atoms with Crippen LogP contribution in [0.15, 0.2) is 23.1 Å². The van der Waals surface area contributed by atoms with Gasteiger partial charge in [-0.15, -0.1) is 0 Å². The summed E-state index contributed by atoms with van der Waals surface area (Å²) in [5, 5.41) is 8.86. The van der Waals surface area contributed by atoms with E-state index in [2.05, 4.69) is 0 Å². The number of halogens is 1. The van der Waals surface area contributed by atoms with Gasteiger partial charge in [0.05, 0.1) is 10.3 Å². The van der Waals surface area contributed by atoms with Crippen LogP contribution in [-0.4, -0.2) is 18.8 Å². The van der Waals surface area contributed by atoms with Crippen molar-refractivity contribution < 1.29 is 13.5 Å². The topological polar surface area (TPSA) is 54.4 Å². The Morgan fingerprint density at radius 3 is 2.36 bits per heavy atom. The van der Waals surface area contributed by atoms with Gasteiger partial charge in [0.25, 0.3) is 0 Å². The molecule has 0 fully saturated rings. The Morgan fingerprint density at radius 1 is 1.36 bits per heavy atom. The smallest absolute Gasteiger partial charge is 0.185 e. The van der Waals surface area contributed by atoms with E-state index >= 15 is 0 Å². The highest BCUT2D eigenvalue weighted by Crippen LogP contribution is 2.32. The molecule has 0 aliphatic heterocycles. The molecule has 1 rings (SSSR count). The predicted molar refractivity (Wildman–Crippen MR) is 55.4 cm³/mol. The number of sulfone groups is 1. The van der Waals surface area contributed by atoms with Crippen molar-refractivity contribution in [1.82, 2.24) is 0 Å². The van der Waals surface area contributed by atoms with Gasteiger partial charge in [0.2, 0.25) is 0 Å². The third-order valence-electron chi connectivity index (χ3n) is 1.85. The molecule has 0 atom stereocenters. The molecule has 1 aromatic carbocycles. The van der Waals surface area contributed by atoms with Gasteiger partial charge in [-0.2, -0.15) is 0 Å². The van der Waals surface area contributed by atoms with Crippen LogP contribution in [-0.2, 0) is 9.84 Å². The van der Waals surface area contributed by atoms with Crippen LogP contribution in [0.5, 0.6) is 5.75 Å². The second-order valence-electron chi connectivity index (χ2n) is 3.18. The molecule has 0 aliphatic carbocycles. The fourth-order valence-electron chi connectivity index (χ4n) is 1.01. The number of phenols is 1. The van der Waals surface area contributed by atoms with Gasteiger partial charge in [0.15, 0.2) is 9.84 Å². The lowest BCUT2D eigenvalue weighted by Gasteiger charge is -2.10. The maximum atomic E-state index is 11.7. The Hall–Kier alpha value is -0.740. The summed E-state index contributed by atoms with van der Waals surface area (Å²) in [6.07, 6.45) is 0. The first kappa shape index (κ1) is 11.3. The first-order valence-corrected chi connectivity index (χ1v) is 6.01. The summed E-state index contributed by atoms with van der Waals surface area (Å²) in [6, 6.07) is 4.24. The largest absolute Gasteiger partial charge is 0.507 e. The molecular weight excluding hydrogens is 224 g/mol. The lowest BCUT2D eigenvalue weighted by Crippen LogP contribution is -2.14. The van der Waals surface area contributed by atoms with Crippen molar-refractivity contribution in [3.05, 3.63) is 23.2 Å². The van der Waals surface area contributed by atoms with Crippen molar-refractivity contribution in [2.24, 2.45) is 0 Å². The molecule has 0 aromatic heterocycles. The van der Waals surface area contributed by atoms with Crippen molar-refractivity contribution in [3.63, 3.8) is 0 Å². The van der Waals surface area contributed by atoms with Crippen LogP contribution < -0.4 is 0 Å². The minimum Gasteiger partial charge on any atom is -0.507 e. The number of hydrogen-bond acceptors (Lipinski definition) is 3. The van der Waals surface area contributed by atoms with E-state index in [4.69, 9.17) is 11.6 Å². The van der Waals surface area contributed by atoms with Crippen LogP contribution in [0.4, 0.5) is 0 Å². The van der Waals surface area contributed by atoms with E-state index in [1.165, 1.54) is 32.0 Å². The molecule has 1 aromatic rings. The molecule has 0 spiro atoms. The highest BCUT2D eigenvalue weighted by atomic mass is 35.5. The monoisotopic (exact) mass is 234 g/mol. The average Bonchev–Trinajstić information content (AvgIpc) is 2.02. The van der Waals surface area contributed by atoms with Crippen LogP contribution in [0.2, 0.25) is 5.02 Å². The Balaban J connectivity index is 3.48. The molecular formula is C9H11ClO3S. The maximum absolute atomic E-state index is 11.7. The molecule has 0 unspecified atom stereocenters. The van der Waals surface area contributed by atoms with Crippen LogP contribution in [0.25, 0.3) is 0 Å². The molecule has 0 bridgehead atoms.